The molecular formula is C30H23FN2O4. The van der Waals surface area contributed by atoms with Crippen LogP contribution in [0.15, 0.2) is 90.5 Å². The fourth-order valence-corrected chi connectivity index (χ4v) is 4.39. The molecule has 37 heavy (non-hydrogen) atoms. The van der Waals surface area contributed by atoms with E-state index in [1.807, 2.05) is 49.4 Å². The zero-order valence-corrected chi connectivity index (χ0v) is 20.0. The SMILES string of the molecule is CCc1ccccc1N1C(=O)NC(=O)/C(=C/c2c(OCc3cccc(F)c3)ccc3ccccc23)C1=O. The lowest BCUT2D eigenvalue weighted by atomic mass is 9.99. The standard InChI is InChI=1S/C30H23FN2O4/c1-2-20-9-4-6-13-26(20)33-29(35)25(28(34)32-30(33)36)17-24-23-12-5-3-10-21(23)14-15-27(24)37-18-19-8-7-11-22(31)16-19/h3-17H,2,18H2,1H3,(H,32,34,36)/b25-17-. The maximum atomic E-state index is 13.7. The molecule has 0 unspecified atom stereocenters. The van der Waals surface area contributed by atoms with Gasteiger partial charge in [0.2, 0.25) is 0 Å². The zero-order valence-electron chi connectivity index (χ0n) is 20.0. The summed E-state index contributed by atoms with van der Waals surface area (Å²) in [6.45, 7) is 2.01. The molecule has 4 amide bonds. The second-order valence-corrected chi connectivity index (χ2v) is 8.56. The van der Waals surface area contributed by atoms with Gasteiger partial charge in [-0.1, -0.05) is 67.6 Å². The van der Waals surface area contributed by atoms with Gasteiger partial charge in [-0.05, 0) is 58.7 Å². The Balaban J connectivity index is 1.59. The first-order valence-corrected chi connectivity index (χ1v) is 11.8. The Morgan fingerprint density at radius 2 is 1.70 bits per heavy atom. The van der Waals surface area contributed by atoms with Crippen LogP contribution in [-0.4, -0.2) is 17.8 Å². The van der Waals surface area contributed by atoms with Crippen LogP contribution >= 0.6 is 0 Å². The molecule has 0 aromatic heterocycles. The van der Waals surface area contributed by atoms with E-state index in [4.69, 9.17) is 4.74 Å². The fourth-order valence-electron chi connectivity index (χ4n) is 4.39. The van der Waals surface area contributed by atoms with Crippen molar-refractivity contribution in [2.45, 2.75) is 20.0 Å². The summed E-state index contributed by atoms with van der Waals surface area (Å²) in [5.74, 6) is -1.47. The number of anilines is 1. The number of imide groups is 2. The average molecular weight is 495 g/mol. The molecule has 0 atom stereocenters. The molecule has 6 nitrogen and oxygen atoms in total. The van der Waals surface area contributed by atoms with Crippen molar-refractivity contribution >= 4 is 40.4 Å². The quantitative estimate of drug-likeness (QED) is 0.272. The van der Waals surface area contributed by atoms with Crippen LogP contribution in [0.4, 0.5) is 14.9 Å². The Morgan fingerprint density at radius 3 is 2.51 bits per heavy atom. The lowest BCUT2D eigenvalue weighted by molar-refractivity contribution is -0.122. The van der Waals surface area contributed by atoms with Gasteiger partial charge in [0.1, 0.15) is 23.7 Å². The maximum Gasteiger partial charge on any atom is 0.335 e. The van der Waals surface area contributed by atoms with Gasteiger partial charge in [0.25, 0.3) is 11.8 Å². The van der Waals surface area contributed by atoms with Crippen molar-refractivity contribution in [3.8, 4) is 5.75 Å². The molecule has 1 fully saturated rings. The van der Waals surface area contributed by atoms with E-state index in [-0.39, 0.29) is 18.0 Å². The highest BCUT2D eigenvalue weighted by molar-refractivity contribution is 6.39. The number of carbonyl (C=O) groups is 3. The monoisotopic (exact) mass is 494 g/mol. The number of barbiturate groups is 1. The molecule has 4 aromatic rings. The normalized spacial score (nSPS) is 14.8. The lowest BCUT2D eigenvalue weighted by Crippen LogP contribution is -2.54. The number of ether oxygens (including phenoxy) is 1. The molecule has 1 aliphatic heterocycles. The van der Waals surface area contributed by atoms with Gasteiger partial charge in [-0.25, -0.2) is 14.1 Å². The van der Waals surface area contributed by atoms with E-state index in [2.05, 4.69) is 5.32 Å². The van der Waals surface area contributed by atoms with Crippen molar-refractivity contribution in [1.82, 2.24) is 5.32 Å². The van der Waals surface area contributed by atoms with Gasteiger partial charge in [-0.3, -0.25) is 14.9 Å². The molecule has 1 aliphatic rings. The van der Waals surface area contributed by atoms with E-state index >= 15 is 0 Å². The van der Waals surface area contributed by atoms with Gasteiger partial charge in [-0.2, -0.15) is 0 Å². The van der Waals surface area contributed by atoms with Crippen LogP contribution < -0.4 is 15.0 Å². The lowest BCUT2D eigenvalue weighted by Gasteiger charge is -2.28. The molecule has 4 aromatic carbocycles. The van der Waals surface area contributed by atoms with Crippen molar-refractivity contribution in [3.05, 3.63) is 113 Å². The molecule has 1 heterocycles. The maximum absolute atomic E-state index is 13.7. The zero-order chi connectivity index (χ0) is 25.9. The van der Waals surface area contributed by atoms with E-state index in [9.17, 15) is 18.8 Å². The molecule has 0 radical (unpaired) electrons. The summed E-state index contributed by atoms with van der Waals surface area (Å²) in [5.41, 5.74) is 2.16. The second kappa shape index (κ2) is 10.1. The highest BCUT2D eigenvalue weighted by Gasteiger charge is 2.37. The first-order valence-electron chi connectivity index (χ1n) is 11.8. The van der Waals surface area contributed by atoms with Crippen LogP contribution in [0.3, 0.4) is 0 Å². The highest BCUT2D eigenvalue weighted by atomic mass is 19.1. The average Bonchev–Trinajstić information content (AvgIpc) is 2.90. The molecule has 0 spiro atoms. The molecule has 7 heteroatoms. The Kier molecular flexibility index (Phi) is 6.51. The smallest absolute Gasteiger partial charge is 0.335 e. The Hall–Kier alpha value is -4.78. The summed E-state index contributed by atoms with van der Waals surface area (Å²) < 4.78 is 19.7. The summed E-state index contributed by atoms with van der Waals surface area (Å²) >= 11 is 0. The Morgan fingerprint density at radius 1 is 0.919 bits per heavy atom. The molecule has 1 N–H and O–H groups in total. The molecule has 0 saturated carbocycles. The third kappa shape index (κ3) is 4.71. The number of carbonyl (C=O) groups excluding carboxylic acids is 3. The molecular weight excluding hydrogens is 471 g/mol. The van der Waals surface area contributed by atoms with Crippen LogP contribution in [-0.2, 0) is 22.6 Å². The minimum atomic E-state index is -0.798. The van der Waals surface area contributed by atoms with Gasteiger partial charge in [0.15, 0.2) is 0 Å². The van der Waals surface area contributed by atoms with Gasteiger partial charge in [-0.15, -0.1) is 0 Å². The van der Waals surface area contributed by atoms with Crippen LogP contribution in [0, 0.1) is 5.82 Å². The van der Waals surface area contributed by atoms with Crippen LogP contribution in [0.25, 0.3) is 16.8 Å². The van der Waals surface area contributed by atoms with Crippen molar-refractivity contribution in [2.24, 2.45) is 0 Å². The van der Waals surface area contributed by atoms with Gasteiger partial charge in [0.05, 0.1) is 5.69 Å². The van der Waals surface area contributed by atoms with Crippen LogP contribution in [0.5, 0.6) is 5.75 Å². The predicted octanol–water partition coefficient (Wildman–Crippen LogP) is 5.79. The third-order valence-corrected chi connectivity index (χ3v) is 6.22. The predicted molar refractivity (Wildman–Crippen MR) is 140 cm³/mol. The summed E-state index contributed by atoms with van der Waals surface area (Å²) in [7, 11) is 0. The number of fused-ring (bicyclic) bond motifs is 1. The number of benzene rings is 4. The number of hydrogen-bond donors (Lipinski definition) is 1. The van der Waals surface area contributed by atoms with E-state index in [0.717, 1.165) is 21.2 Å². The van der Waals surface area contributed by atoms with Crippen molar-refractivity contribution in [3.63, 3.8) is 0 Å². The third-order valence-electron chi connectivity index (χ3n) is 6.22. The largest absolute Gasteiger partial charge is 0.488 e. The number of para-hydroxylation sites is 1. The summed E-state index contributed by atoms with van der Waals surface area (Å²) in [4.78, 5) is 40.2. The minimum Gasteiger partial charge on any atom is -0.488 e. The van der Waals surface area contributed by atoms with Crippen LogP contribution in [0.2, 0.25) is 0 Å². The van der Waals surface area contributed by atoms with Gasteiger partial charge >= 0.3 is 6.03 Å². The van der Waals surface area contributed by atoms with Crippen molar-refractivity contribution < 1.29 is 23.5 Å². The summed E-state index contributed by atoms with van der Waals surface area (Å²) in [6, 6.07) is 23.5. The first kappa shape index (κ1) is 23.9. The number of nitrogens with one attached hydrogen (secondary N) is 1. The molecule has 0 aliphatic carbocycles. The number of rotatable bonds is 6. The van der Waals surface area contributed by atoms with E-state index in [1.165, 1.54) is 18.2 Å². The summed E-state index contributed by atoms with van der Waals surface area (Å²) in [5, 5.41) is 3.92. The van der Waals surface area contributed by atoms with E-state index in [1.54, 1.807) is 30.3 Å². The minimum absolute atomic E-state index is 0.0842. The highest BCUT2D eigenvalue weighted by Crippen LogP contribution is 2.33. The first-order chi connectivity index (χ1) is 18.0. The molecule has 5 rings (SSSR count). The Bertz CT molecular complexity index is 1580. The van der Waals surface area contributed by atoms with Crippen LogP contribution in [0.1, 0.15) is 23.6 Å². The Labute approximate surface area is 213 Å². The van der Waals surface area contributed by atoms with Gasteiger partial charge in [0, 0.05) is 5.56 Å². The number of aryl methyl sites for hydroxylation is 1. The number of halogens is 1. The fraction of sp³-hybridized carbons (Fsp3) is 0.100. The summed E-state index contributed by atoms with van der Waals surface area (Å²) in [6.07, 6.45) is 2.05. The van der Waals surface area contributed by atoms with E-state index in [0.29, 0.717) is 29.0 Å². The van der Waals surface area contributed by atoms with Crippen molar-refractivity contribution in [1.29, 1.82) is 0 Å². The number of amides is 4. The van der Waals surface area contributed by atoms with Crippen molar-refractivity contribution in [2.75, 3.05) is 4.90 Å². The topological polar surface area (TPSA) is 75.7 Å². The molecule has 184 valence electrons. The number of urea groups is 1. The second-order valence-electron chi connectivity index (χ2n) is 8.56. The number of nitrogens with zero attached hydrogens (tertiary/aromatic N) is 1. The van der Waals surface area contributed by atoms with Gasteiger partial charge < -0.3 is 4.74 Å². The molecule has 0 bridgehead atoms. The number of hydrogen-bond acceptors (Lipinski definition) is 4. The molecule has 1 saturated heterocycles. The van der Waals surface area contributed by atoms with E-state index < -0.39 is 17.8 Å².